The lowest BCUT2D eigenvalue weighted by Crippen LogP contribution is -2.44. The summed E-state index contributed by atoms with van der Waals surface area (Å²) in [7, 11) is 0. The molecule has 3 amide bonds. The molecule has 0 bridgehead atoms. The molecule has 0 spiro atoms. The van der Waals surface area contributed by atoms with E-state index in [4.69, 9.17) is 4.74 Å². The minimum atomic E-state index is -0.123. The van der Waals surface area contributed by atoms with Crippen LogP contribution in [0.3, 0.4) is 0 Å². The predicted molar refractivity (Wildman–Crippen MR) is 88.3 cm³/mol. The molecule has 0 saturated carbocycles. The number of para-hydroxylation sites is 1. The summed E-state index contributed by atoms with van der Waals surface area (Å²) in [6.45, 7) is 4.69. The highest BCUT2D eigenvalue weighted by atomic mass is 16.5. The highest BCUT2D eigenvalue weighted by Gasteiger charge is 2.23. The first kappa shape index (κ1) is 17.1. The third-order valence-corrected chi connectivity index (χ3v) is 3.96. The Labute approximate surface area is 137 Å². The lowest BCUT2D eigenvalue weighted by Gasteiger charge is -2.32. The monoisotopic (exact) mass is 319 g/mol. The van der Waals surface area contributed by atoms with Gasteiger partial charge in [-0.2, -0.15) is 0 Å². The molecule has 1 aliphatic rings. The summed E-state index contributed by atoms with van der Waals surface area (Å²) in [5.41, 5.74) is 0. The van der Waals surface area contributed by atoms with Crippen LogP contribution in [0, 0.1) is 5.92 Å². The molecule has 1 fully saturated rings. The zero-order valence-corrected chi connectivity index (χ0v) is 13.6. The first-order valence-corrected chi connectivity index (χ1v) is 8.16. The van der Waals surface area contributed by atoms with Crippen LogP contribution in [-0.2, 0) is 4.79 Å². The van der Waals surface area contributed by atoms with Crippen LogP contribution in [0.2, 0.25) is 0 Å². The summed E-state index contributed by atoms with van der Waals surface area (Å²) in [6.07, 6.45) is 1.81. The summed E-state index contributed by atoms with van der Waals surface area (Å²) < 4.78 is 5.50. The summed E-state index contributed by atoms with van der Waals surface area (Å²) >= 11 is 0. The number of piperidine rings is 1. The molecule has 0 unspecified atom stereocenters. The van der Waals surface area contributed by atoms with Crippen molar-refractivity contribution < 1.29 is 14.3 Å². The number of rotatable bonds is 6. The Morgan fingerprint density at radius 1 is 1.17 bits per heavy atom. The molecule has 1 aromatic rings. The Hall–Kier alpha value is -2.24. The molecule has 1 aromatic carbocycles. The van der Waals surface area contributed by atoms with E-state index in [1.165, 1.54) is 0 Å². The number of urea groups is 1. The Balaban J connectivity index is 1.65. The third kappa shape index (κ3) is 5.81. The van der Waals surface area contributed by atoms with Crippen molar-refractivity contribution in [2.75, 3.05) is 32.8 Å². The van der Waals surface area contributed by atoms with Gasteiger partial charge in [0.25, 0.3) is 5.91 Å². The second-order valence-corrected chi connectivity index (χ2v) is 5.67. The molecule has 0 aromatic heterocycles. The average molecular weight is 319 g/mol. The molecule has 2 rings (SSSR count). The maximum absolute atomic E-state index is 12.2. The quantitative estimate of drug-likeness (QED) is 0.837. The highest BCUT2D eigenvalue weighted by Crippen LogP contribution is 2.17. The average Bonchev–Trinajstić information content (AvgIpc) is 2.59. The number of ether oxygens (including phenoxy) is 1. The van der Waals surface area contributed by atoms with Gasteiger partial charge < -0.3 is 20.3 Å². The molecule has 1 saturated heterocycles. The summed E-state index contributed by atoms with van der Waals surface area (Å²) in [5.74, 6) is 1.16. The van der Waals surface area contributed by atoms with E-state index in [0.717, 1.165) is 25.9 Å². The molecular weight excluding hydrogens is 294 g/mol. The van der Waals surface area contributed by atoms with E-state index < -0.39 is 0 Å². The predicted octanol–water partition coefficient (Wildman–Crippen LogP) is 1.62. The number of carbonyl (C=O) groups is 2. The SMILES string of the molecule is CCNC(=O)NCC1CCN(C(=O)COc2ccccc2)CC1. The Morgan fingerprint density at radius 3 is 2.52 bits per heavy atom. The van der Waals surface area contributed by atoms with E-state index in [0.29, 0.717) is 24.8 Å². The molecule has 0 atom stereocenters. The maximum Gasteiger partial charge on any atom is 0.314 e. The number of amides is 3. The molecule has 6 nitrogen and oxygen atoms in total. The summed E-state index contributed by atoms with van der Waals surface area (Å²) in [5, 5.41) is 5.58. The Morgan fingerprint density at radius 2 is 1.87 bits per heavy atom. The van der Waals surface area contributed by atoms with Gasteiger partial charge in [0.2, 0.25) is 0 Å². The van der Waals surface area contributed by atoms with Crippen molar-refractivity contribution in [3.8, 4) is 5.75 Å². The lowest BCUT2D eigenvalue weighted by atomic mass is 9.97. The first-order valence-electron chi connectivity index (χ1n) is 8.16. The van der Waals surface area contributed by atoms with Gasteiger partial charge in [0.05, 0.1) is 0 Å². The molecule has 1 heterocycles. The second-order valence-electron chi connectivity index (χ2n) is 5.67. The van der Waals surface area contributed by atoms with Crippen molar-refractivity contribution in [3.63, 3.8) is 0 Å². The molecule has 6 heteroatoms. The van der Waals surface area contributed by atoms with Crippen molar-refractivity contribution in [1.82, 2.24) is 15.5 Å². The van der Waals surface area contributed by atoms with Crippen LogP contribution in [-0.4, -0.2) is 49.6 Å². The lowest BCUT2D eigenvalue weighted by molar-refractivity contribution is -0.134. The van der Waals surface area contributed by atoms with E-state index in [1.807, 2.05) is 42.2 Å². The standard InChI is InChI=1S/C17H25N3O3/c1-2-18-17(22)19-12-14-8-10-20(11-9-14)16(21)13-23-15-6-4-3-5-7-15/h3-7,14H,2,8-13H2,1H3,(H2,18,19,22). The van der Waals surface area contributed by atoms with Gasteiger partial charge in [0, 0.05) is 26.2 Å². The minimum absolute atomic E-state index is 0.0176. The molecule has 1 aliphatic heterocycles. The van der Waals surface area contributed by atoms with Gasteiger partial charge in [-0.3, -0.25) is 4.79 Å². The van der Waals surface area contributed by atoms with Crippen LogP contribution < -0.4 is 15.4 Å². The Kier molecular flexibility index (Phi) is 6.72. The largest absolute Gasteiger partial charge is 0.484 e. The summed E-state index contributed by atoms with van der Waals surface area (Å²) in [4.78, 5) is 25.4. The van der Waals surface area contributed by atoms with E-state index in [9.17, 15) is 9.59 Å². The zero-order chi connectivity index (χ0) is 16.5. The second kappa shape index (κ2) is 9.02. The van der Waals surface area contributed by atoms with Gasteiger partial charge in [-0.1, -0.05) is 18.2 Å². The van der Waals surface area contributed by atoms with Crippen molar-refractivity contribution in [2.24, 2.45) is 5.92 Å². The van der Waals surface area contributed by atoms with Crippen LogP contribution in [0.25, 0.3) is 0 Å². The number of nitrogens with zero attached hydrogens (tertiary/aromatic N) is 1. The molecule has 0 aliphatic carbocycles. The number of carbonyl (C=O) groups excluding carboxylic acids is 2. The molecule has 0 radical (unpaired) electrons. The topological polar surface area (TPSA) is 70.7 Å². The molecule has 2 N–H and O–H groups in total. The number of likely N-dealkylation sites (tertiary alicyclic amines) is 1. The van der Waals surface area contributed by atoms with E-state index in [2.05, 4.69) is 10.6 Å². The Bertz CT molecular complexity index is 499. The normalized spacial score (nSPS) is 15.1. The van der Waals surface area contributed by atoms with Crippen molar-refractivity contribution in [1.29, 1.82) is 0 Å². The van der Waals surface area contributed by atoms with E-state index >= 15 is 0 Å². The number of benzene rings is 1. The van der Waals surface area contributed by atoms with Crippen molar-refractivity contribution in [3.05, 3.63) is 30.3 Å². The number of hydrogen-bond acceptors (Lipinski definition) is 3. The fourth-order valence-corrected chi connectivity index (χ4v) is 2.60. The fourth-order valence-electron chi connectivity index (χ4n) is 2.60. The van der Waals surface area contributed by atoms with Gasteiger partial charge in [-0.05, 0) is 37.8 Å². The smallest absolute Gasteiger partial charge is 0.314 e. The fraction of sp³-hybridized carbons (Fsp3) is 0.529. The first-order chi connectivity index (χ1) is 11.2. The number of hydrogen-bond donors (Lipinski definition) is 2. The molecular formula is C17H25N3O3. The third-order valence-electron chi connectivity index (χ3n) is 3.96. The zero-order valence-electron chi connectivity index (χ0n) is 13.6. The molecule has 126 valence electrons. The van der Waals surface area contributed by atoms with Crippen molar-refractivity contribution >= 4 is 11.9 Å². The van der Waals surface area contributed by atoms with Crippen LogP contribution in [0.1, 0.15) is 19.8 Å². The molecule has 23 heavy (non-hydrogen) atoms. The maximum atomic E-state index is 12.2. The van der Waals surface area contributed by atoms with Gasteiger partial charge in [0.15, 0.2) is 6.61 Å². The van der Waals surface area contributed by atoms with Crippen molar-refractivity contribution in [2.45, 2.75) is 19.8 Å². The minimum Gasteiger partial charge on any atom is -0.484 e. The van der Waals surface area contributed by atoms with Crippen LogP contribution in [0.4, 0.5) is 4.79 Å². The van der Waals surface area contributed by atoms with Crippen LogP contribution >= 0.6 is 0 Å². The number of nitrogens with one attached hydrogen (secondary N) is 2. The van der Waals surface area contributed by atoms with E-state index in [1.54, 1.807) is 0 Å². The van der Waals surface area contributed by atoms with Gasteiger partial charge in [-0.15, -0.1) is 0 Å². The van der Waals surface area contributed by atoms with Gasteiger partial charge >= 0.3 is 6.03 Å². The van der Waals surface area contributed by atoms with Crippen LogP contribution in [0.15, 0.2) is 30.3 Å². The van der Waals surface area contributed by atoms with Crippen LogP contribution in [0.5, 0.6) is 5.75 Å². The van der Waals surface area contributed by atoms with Gasteiger partial charge in [-0.25, -0.2) is 4.79 Å². The van der Waals surface area contributed by atoms with Gasteiger partial charge in [0.1, 0.15) is 5.75 Å². The summed E-state index contributed by atoms with van der Waals surface area (Å²) in [6, 6.07) is 9.23. The highest BCUT2D eigenvalue weighted by molar-refractivity contribution is 5.77. The van der Waals surface area contributed by atoms with E-state index in [-0.39, 0.29) is 18.5 Å².